The van der Waals surface area contributed by atoms with Crippen LogP contribution in [0.25, 0.3) is 114 Å². The number of nitrogens with zero attached hydrogens (tertiary/aromatic N) is 1. The summed E-state index contributed by atoms with van der Waals surface area (Å²) in [7, 11) is 0.737. The highest BCUT2D eigenvalue weighted by Crippen LogP contribution is 2.52. The highest BCUT2D eigenvalue weighted by atomic mass is 32.1. The Kier molecular flexibility index (Phi) is 8.52. The monoisotopic (exact) mass is 948 g/mol. The van der Waals surface area contributed by atoms with Crippen molar-refractivity contribution in [2.24, 2.45) is 0 Å². The molecule has 0 unspecified atom stereocenters. The van der Waals surface area contributed by atoms with E-state index in [9.17, 15) is 0 Å². The molecule has 5 heterocycles. The summed E-state index contributed by atoms with van der Waals surface area (Å²) < 4.78 is 19.7. The zero-order valence-electron chi connectivity index (χ0n) is 41.8. The van der Waals surface area contributed by atoms with Crippen LogP contribution in [0.2, 0.25) is 0 Å². The molecule has 348 valence electrons. The molecule has 1 aliphatic carbocycles. The van der Waals surface area contributed by atoms with E-state index in [1.807, 2.05) is 11.3 Å². The molecule has 0 bridgehead atoms. The van der Waals surface area contributed by atoms with Gasteiger partial charge in [-0.2, -0.15) is 0 Å². The van der Waals surface area contributed by atoms with Gasteiger partial charge < -0.3 is 18.7 Å². The van der Waals surface area contributed by atoms with Gasteiger partial charge in [-0.15, -0.1) is 11.3 Å². The fourth-order valence-corrected chi connectivity index (χ4v) is 14.0. The second kappa shape index (κ2) is 14.5. The smallest absolute Gasteiger partial charge is 0.198 e. The maximum absolute atomic E-state index is 7.40. The predicted molar refractivity (Wildman–Crippen MR) is 309 cm³/mol. The van der Waals surface area contributed by atoms with Crippen LogP contribution in [-0.2, 0) is 16.2 Å². The summed E-state index contributed by atoms with van der Waals surface area (Å²) >= 11 is 1.89. The molecule has 0 radical (unpaired) electrons. The van der Waals surface area contributed by atoms with Crippen LogP contribution >= 0.6 is 11.3 Å². The number of para-hydroxylation sites is 1. The van der Waals surface area contributed by atoms with E-state index in [0.29, 0.717) is 0 Å². The van der Waals surface area contributed by atoms with E-state index in [0.717, 1.165) is 92.1 Å². The Balaban J connectivity index is 1.10. The standard InChI is InChI=1S/C66H53BN2O2S/c1-64(2,3)38-24-25-51-46(29-38)58-59-41-21-11-13-22-53(41)71-63(59)60(61-62(58)69(51)52-35-57-44(32-49(52)67-61)40-20-12-14-23-56(40)72-57)45-30-42-43-31-47-48(66(6,7)27-26-65(47,4)5)33-54(43)70-55(42)34-50(45)68-39-19-15-18-37(28-39)36-16-9-8-10-17-36/h8-25,28-35,67-68H,26-27H2,1-7H3. The third-order valence-corrected chi connectivity index (χ3v) is 17.9. The zero-order chi connectivity index (χ0) is 48.6. The highest BCUT2D eigenvalue weighted by molar-refractivity contribution is 7.25. The molecule has 0 atom stereocenters. The quantitative estimate of drug-likeness (QED) is 0.179. The minimum atomic E-state index is -0.0460. The number of thiophene rings is 1. The molecule has 6 heteroatoms. The first-order valence-corrected chi connectivity index (χ1v) is 26.5. The van der Waals surface area contributed by atoms with Crippen LogP contribution in [0.1, 0.15) is 78.0 Å². The Labute approximate surface area is 423 Å². The summed E-state index contributed by atoms with van der Waals surface area (Å²) in [5, 5.41) is 13.7. The van der Waals surface area contributed by atoms with E-state index < -0.39 is 0 Å². The van der Waals surface area contributed by atoms with Gasteiger partial charge in [-0.1, -0.05) is 145 Å². The van der Waals surface area contributed by atoms with Gasteiger partial charge in [0.05, 0.1) is 16.7 Å². The first-order valence-electron chi connectivity index (χ1n) is 25.6. The van der Waals surface area contributed by atoms with E-state index in [1.165, 1.54) is 80.8 Å². The third-order valence-electron chi connectivity index (χ3n) is 16.8. The van der Waals surface area contributed by atoms with Gasteiger partial charge in [-0.05, 0) is 128 Å². The van der Waals surface area contributed by atoms with Crippen LogP contribution in [0.4, 0.5) is 11.4 Å². The number of fused-ring (bicyclic) bond motifs is 16. The first kappa shape index (κ1) is 42.2. The van der Waals surface area contributed by atoms with Crippen molar-refractivity contribution >= 4 is 127 Å². The summed E-state index contributed by atoms with van der Waals surface area (Å²) in [6.45, 7) is 16.6. The van der Waals surface area contributed by atoms with Crippen molar-refractivity contribution in [2.75, 3.05) is 5.32 Å². The number of hydrogen-bond acceptors (Lipinski definition) is 4. The molecule has 0 amide bonds. The fraction of sp³-hybridized carbons (Fsp3) is 0.182. The SMILES string of the molecule is CC(C)(C)c1ccc2c(c1)c1c3c(oc4ccccc43)c(-c3cc4c(cc3Nc3cccc(-c5ccccc5)c3)oc3cc5c(cc34)C(C)(C)CCC5(C)C)c3c1n2-c1cc2sc4ccccc4c2cc1B3. The van der Waals surface area contributed by atoms with E-state index in [4.69, 9.17) is 8.83 Å². The largest absolute Gasteiger partial charge is 0.456 e. The molecule has 2 aliphatic rings. The van der Waals surface area contributed by atoms with Crippen LogP contribution in [0, 0.1) is 0 Å². The Morgan fingerprint density at radius 2 is 1.29 bits per heavy atom. The van der Waals surface area contributed by atoms with Crippen molar-refractivity contribution in [1.29, 1.82) is 0 Å². The molecule has 4 nitrogen and oxygen atoms in total. The number of rotatable bonds is 4. The Morgan fingerprint density at radius 3 is 2.11 bits per heavy atom. The van der Waals surface area contributed by atoms with E-state index in [-0.39, 0.29) is 16.2 Å². The number of benzene rings is 9. The average molecular weight is 949 g/mol. The normalized spacial score (nSPS) is 15.1. The number of nitrogens with one attached hydrogen (secondary N) is 1. The molecule has 72 heavy (non-hydrogen) atoms. The van der Waals surface area contributed by atoms with Crippen LogP contribution in [0.3, 0.4) is 0 Å². The van der Waals surface area contributed by atoms with Crippen molar-refractivity contribution in [3.05, 3.63) is 174 Å². The van der Waals surface area contributed by atoms with Crippen molar-refractivity contribution in [1.82, 2.24) is 4.57 Å². The average Bonchev–Trinajstić information content (AvgIpc) is 4.13. The third kappa shape index (κ3) is 5.99. The predicted octanol–water partition coefficient (Wildman–Crippen LogP) is 17.4. The zero-order valence-corrected chi connectivity index (χ0v) is 42.6. The van der Waals surface area contributed by atoms with Gasteiger partial charge in [0.15, 0.2) is 7.28 Å². The summed E-state index contributed by atoms with van der Waals surface area (Å²) in [4.78, 5) is 0. The van der Waals surface area contributed by atoms with E-state index >= 15 is 0 Å². The fourth-order valence-electron chi connectivity index (χ4n) is 12.8. The lowest BCUT2D eigenvalue weighted by atomic mass is 9.58. The second-order valence-electron chi connectivity index (χ2n) is 23.2. The highest BCUT2D eigenvalue weighted by Gasteiger charge is 2.39. The Hall–Kier alpha value is -7.54. The molecule has 0 spiro atoms. The molecule has 1 aliphatic heterocycles. The van der Waals surface area contributed by atoms with Crippen LogP contribution in [0.5, 0.6) is 0 Å². The number of hydrogen-bond donors (Lipinski definition) is 1. The van der Waals surface area contributed by atoms with Crippen molar-refractivity contribution in [3.8, 4) is 27.9 Å². The van der Waals surface area contributed by atoms with E-state index in [2.05, 4.69) is 216 Å². The minimum absolute atomic E-state index is 0.0409. The molecule has 9 aromatic carbocycles. The lowest BCUT2D eigenvalue weighted by Gasteiger charge is -2.41. The molecule has 13 aromatic rings. The van der Waals surface area contributed by atoms with Gasteiger partial charge >= 0.3 is 0 Å². The number of anilines is 2. The molecule has 15 rings (SSSR count). The lowest BCUT2D eigenvalue weighted by Crippen LogP contribution is -2.37. The first-order chi connectivity index (χ1) is 34.8. The van der Waals surface area contributed by atoms with Crippen LogP contribution in [-0.4, -0.2) is 11.8 Å². The molecular formula is C66H53BN2O2S. The van der Waals surface area contributed by atoms with Crippen molar-refractivity contribution in [2.45, 2.75) is 77.6 Å². The summed E-state index contributed by atoms with van der Waals surface area (Å²) in [5.74, 6) is 0. The molecular weight excluding hydrogens is 896 g/mol. The summed E-state index contributed by atoms with van der Waals surface area (Å²) in [5.41, 5.74) is 20.6. The second-order valence-corrected chi connectivity index (χ2v) is 24.3. The maximum atomic E-state index is 7.40. The van der Waals surface area contributed by atoms with Crippen molar-refractivity contribution < 1.29 is 8.83 Å². The minimum Gasteiger partial charge on any atom is -0.456 e. The van der Waals surface area contributed by atoms with E-state index in [1.54, 1.807) is 0 Å². The number of furan rings is 2. The van der Waals surface area contributed by atoms with Gasteiger partial charge in [-0.25, -0.2) is 0 Å². The summed E-state index contributed by atoms with van der Waals surface area (Å²) in [6, 6.07) is 58.7. The van der Waals surface area contributed by atoms with Gasteiger partial charge in [0.1, 0.15) is 22.3 Å². The van der Waals surface area contributed by atoms with Gasteiger partial charge in [0, 0.05) is 75.7 Å². The molecule has 0 fully saturated rings. The lowest BCUT2D eigenvalue weighted by molar-refractivity contribution is 0.332. The van der Waals surface area contributed by atoms with Gasteiger partial charge in [0.25, 0.3) is 0 Å². The molecule has 0 saturated heterocycles. The number of aromatic nitrogens is 1. The van der Waals surface area contributed by atoms with Gasteiger partial charge in [0.2, 0.25) is 0 Å². The molecule has 4 aromatic heterocycles. The molecule has 0 saturated carbocycles. The van der Waals surface area contributed by atoms with Crippen LogP contribution in [0.15, 0.2) is 167 Å². The summed E-state index contributed by atoms with van der Waals surface area (Å²) in [6.07, 6.45) is 2.28. The molecule has 1 N–H and O–H groups in total. The Morgan fingerprint density at radius 1 is 0.569 bits per heavy atom. The topological polar surface area (TPSA) is 43.2 Å². The van der Waals surface area contributed by atoms with Gasteiger partial charge in [-0.3, -0.25) is 0 Å². The maximum Gasteiger partial charge on any atom is 0.198 e. The Bertz CT molecular complexity index is 4500. The van der Waals surface area contributed by atoms with Crippen molar-refractivity contribution in [3.63, 3.8) is 0 Å². The van der Waals surface area contributed by atoms with Crippen LogP contribution < -0.4 is 16.2 Å².